The Kier molecular flexibility index (Phi) is 6.56. The Morgan fingerprint density at radius 1 is 0.446 bits per heavy atom. The number of furan rings is 1. The van der Waals surface area contributed by atoms with Gasteiger partial charge in [-0.2, -0.15) is 0 Å². The second-order valence-electron chi connectivity index (χ2n) is 14.3. The highest BCUT2D eigenvalue weighted by atomic mass is 16.4. The molecule has 12 rings (SSSR count). The minimum absolute atomic E-state index is 0.586. The van der Waals surface area contributed by atoms with Crippen LogP contribution in [0.15, 0.2) is 197 Å². The van der Waals surface area contributed by atoms with Crippen LogP contribution in [0.1, 0.15) is 0 Å². The third kappa shape index (κ3) is 4.52. The first-order valence-corrected chi connectivity index (χ1v) is 18.9. The molecule has 0 saturated heterocycles. The van der Waals surface area contributed by atoms with Crippen LogP contribution in [0.4, 0.5) is 17.1 Å². The third-order valence-corrected chi connectivity index (χ3v) is 11.2. The molecule has 0 spiro atoms. The molecule has 12 aromatic rings. The van der Waals surface area contributed by atoms with Crippen molar-refractivity contribution in [3.8, 4) is 17.1 Å². The summed E-state index contributed by atoms with van der Waals surface area (Å²) in [4.78, 5) is 7.29. The van der Waals surface area contributed by atoms with Crippen molar-refractivity contribution >= 4 is 93.5 Å². The van der Waals surface area contributed by atoms with Crippen molar-refractivity contribution in [1.29, 1.82) is 0 Å². The van der Waals surface area contributed by atoms with Gasteiger partial charge in [0.15, 0.2) is 16.7 Å². The molecule has 0 radical (unpaired) electrons. The molecule has 5 nitrogen and oxygen atoms in total. The molecule has 5 heteroatoms. The number of fused-ring (bicyclic) bond motifs is 12. The smallest absolute Gasteiger partial charge is 0.227 e. The van der Waals surface area contributed by atoms with Gasteiger partial charge >= 0.3 is 0 Å². The van der Waals surface area contributed by atoms with E-state index in [0.717, 1.165) is 82.8 Å². The molecule has 0 amide bonds. The van der Waals surface area contributed by atoms with Crippen LogP contribution in [0.5, 0.6) is 0 Å². The monoisotopic (exact) mass is 717 g/mol. The van der Waals surface area contributed by atoms with E-state index < -0.39 is 0 Å². The number of anilines is 3. The first-order valence-electron chi connectivity index (χ1n) is 18.9. The quantitative estimate of drug-likeness (QED) is 0.166. The normalized spacial score (nSPS) is 11.9. The fraction of sp³-hybridized carbons (Fsp3) is 0. The fourth-order valence-electron chi connectivity index (χ4n) is 8.69. The molecule has 0 N–H and O–H groups in total. The van der Waals surface area contributed by atoms with Crippen LogP contribution in [0, 0.1) is 0 Å². The summed E-state index contributed by atoms with van der Waals surface area (Å²) in [7, 11) is 0. The van der Waals surface area contributed by atoms with E-state index in [-0.39, 0.29) is 0 Å². The highest BCUT2D eigenvalue weighted by molar-refractivity contribution is 6.23. The van der Waals surface area contributed by atoms with Gasteiger partial charge in [0.1, 0.15) is 5.58 Å². The minimum atomic E-state index is 0.586. The Labute approximate surface area is 320 Å². The molecule has 0 bridgehead atoms. The number of oxazole rings is 1. The van der Waals surface area contributed by atoms with E-state index >= 15 is 0 Å². The molecule has 0 aliphatic rings. The summed E-state index contributed by atoms with van der Waals surface area (Å²) < 4.78 is 15.3. The molecule has 0 unspecified atom stereocenters. The first kappa shape index (κ1) is 30.8. The van der Waals surface area contributed by atoms with E-state index in [4.69, 9.17) is 13.8 Å². The van der Waals surface area contributed by atoms with E-state index in [0.29, 0.717) is 11.5 Å². The van der Waals surface area contributed by atoms with Gasteiger partial charge < -0.3 is 18.3 Å². The molecule has 0 aliphatic carbocycles. The maximum absolute atomic E-state index is 6.74. The molecule has 3 heterocycles. The van der Waals surface area contributed by atoms with Gasteiger partial charge in [0.25, 0.3) is 0 Å². The fourth-order valence-corrected chi connectivity index (χ4v) is 8.69. The average molecular weight is 718 g/mol. The van der Waals surface area contributed by atoms with Gasteiger partial charge in [-0.05, 0) is 101 Å². The number of benzene rings is 9. The molecular formula is C51H31N3O2. The van der Waals surface area contributed by atoms with Crippen LogP contribution in [-0.4, -0.2) is 9.55 Å². The van der Waals surface area contributed by atoms with Crippen LogP contribution in [0.25, 0.3) is 93.5 Å². The molecule has 9 aromatic carbocycles. The SMILES string of the molecule is c1ccc(-c2nc3c(ccc4c5ccc6c7ccc(N(c8ccccc8)c8cccc9c%10ccccc%10n(-c%10ccccc%10)c89)cc7ccc6c5oc43)o2)cc1. The molecule has 0 saturated carbocycles. The Balaban J connectivity index is 1.05. The second kappa shape index (κ2) is 11.9. The zero-order valence-corrected chi connectivity index (χ0v) is 30.1. The highest BCUT2D eigenvalue weighted by Crippen LogP contribution is 2.45. The van der Waals surface area contributed by atoms with Crippen LogP contribution in [0.2, 0.25) is 0 Å². The van der Waals surface area contributed by atoms with Crippen LogP contribution in [-0.2, 0) is 0 Å². The lowest BCUT2D eigenvalue weighted by atomic mass is 9.99. The lowest BCUT2D eigenvalue weighted by Crippen LogP contribution is -2.11. The summed E-state index contributed by atoms with van der Waals surface area (Å²) in [5.74, 6) is 0.586. The molecule has 56 heavy (non-hydrogen) atoms. The van der Waals surface area contributed by atoms with Gasteiger partial charge in [-0.1, -0.05) is 103 Å². The van der Waals surface area contributed by atoms with Gasteiger partial charge in [-0.25, -0.2) is 4.98 Å². The summed E-state index contributed by atoms with van der Waals surface area (Å²) in [5, 5.41) is 9.04. The van der Waals surface area contributed by atoms with Crippen LogP contribution >= 0.6 is 0 Å². The predicted octanol–water partition coefficient (Wildman–Crippen LogP) is 14.3. The molecule has 0 atom stereocenters. The third-order valence-electron chi connectivity index (χ3n) is 11.2. The number of nitrogens with zero attached hydrogens (tertiary/aromatic N) is 3. The lowest BCUT2D eigenvalue weighted by Gasteiger charge is -2.27. The topological polar surface area (TPSA) is 47.3 Å². The second-order valence-corrected chi connectivity index (χ2v) is 14.3. The molecule has 3 aromatic heterocycles. The number of rotatable bonds is 5. The van der Waals surface area contributed by atoms with Gasteiger partial charge in [0, 0.05) is 49.6 Å². The largest absolute Gasteiger partial charge is 0.453 e. The number of para-hydroxylation sites is 4. The van der Waals surface area contributed by atoms with Crippen molar-refractivity contribution in [2.24, 2.45) is 0 Å². The Bertz CT molecular complexity index is 3470. The van der Waals surface area contributed by atoms with Crippen molar-refractivity contribution in [2.45, 2.75) is 0 Å². The molecule has 0 fully saturated rings. The summed E-state index contributed by atoms with van der Waals surface area (Å²) in [6, 6.07) is 66.4. The average Bonchev–Trinajstić information content (AvgIpc) is 3.97. The van der Waals surface area contributed by atoms with Crippen molar-refractivity contribution in [3.63, 3.8) is 0 Å². The van der Waals surface area contributed by atoms with E-state index in [2.05, 4.69) is 161 Å². The summed E-state index contributed by atoms with van der Waals surface area (Å²) in [5.41, 5.74) is 10.7. The standard InChI is InChI=1S/C51H31N3O2/c1-4-13-32(14-5-1)51-52-47-46(55-51)30-29-43-42-28-27-38-37-26-24-36(31-33(37)23-25-41(38)49(42)56-50(43)47)53(34-15-6-2-7-16-34)45-22-12-20-40-39-19-10-11-21-44(39)54(48(40)45)35-17-8-3-9-18-35/h1-31H. The predicted molar refractivity (Wildman–Crippen MR) is 231 cm³/mol. The zero-order chi connectivity index (χ0) is 36.7. The van der Waals surface area contributed by atoms with Crippen molar-refractivity contribution in [1.82, 2.24) is 9.55 Å². The van der Waals surface area contributed by atoms with Crippen molar-refractivity contribution in [2.75, 3.05) is 4.90 Å². The van der Waals surface area contributed by atoms with Crippen LogP contribution < -0.4 is 4.90 Å². The van der Waals surface area contributed by atoms with Gasteiger partial charge in [-0.15, -0.1) is 0 Å². The number of aromatic nitrogens is 2. The van der Waals surface area contributed by atoms with Crippen molar-refractivity contribution in [3.05, 3.63) is 188 Å². The van der Waals surface area contributed by atoms with E-state index in [1.54, 1.807) is 0 Å². The zero-order valence-electron chi connectivity index (χ0n) is 30.1. The number of hydrogen-bond donors (Lipinski definition) is 0. The summed E-state index contributed by atoms with van der Waals surface area (Å²) in [6.07, 6.45) is 0. The van der Waals surface area contributed by atoms with E-state index in [9.17, 15) is 0 Å². The van der Waals surface area contributed by atoms with E-state index in [1.165, 1.54) is 16.3 Å². The Morgan fingerprint density at radius 2 is 1.11 bits per heavy atom. The maximum Gasteiger partial charge on any atom is 0.227 e. The lowest BCUT2D eigenvalue weighted by molar-refractivity contribution is 0.620. The van der Waals surface area contributed by atoms with Gasteiger partial charge in [0.2, 0.25) is 5.89 Å². The van der Waals surface area contributed by atoms with Crippen molar-refractivity contribution < 1.29 is 8.83 Å². The van der Waals surface area contributed by atoms with Gasteiger partial charge in [-0.3, -0.25) is 0 Å². The maximum atomic E-state index is 6.74. The minimum Gasteiger partial charge on any atom is -0.453 e. The van der Waals surface area contributed by atoms with Gasteiger partial charge in [0.05, 0.1) is 16.7 Å². The Morgan fingerprint density at radius 3 is 1.96 bits per heavy atom. The summed E-state index contributed by atoms with van der Waals surface area (Å²) >= 11 is 0. The summed E-state index contributed by atoms with van der Waals surface area (Å²) in [6.45, 7) is 0. The molecular weight excluding hydrogens is 687 g/mol. The van der Waals surface area contributed by atoms with Crippen LogP contribution in [0.3, 0.4) is 0 Å². The molecule has 262 valence electrons. The Hall–Kier alpha value is -7.63. The molecule has 0 aliphatic heterocycles. The highest BCUT2D eigenvalue weighted by Gasteiger charge is 2.22. The first-order chi connectivity index (χ1) is 27.8. The van der Waals surface area contributed by atoms with E-state index in [1.807, 2.05) is 36.4 Å². The number of hydrogen-bond acceptors (Lipinski definition) is 4.